The molecule has 1 aliphatic carbocycles. The highest BCUT2D eigenvalue weighted by molar-refractivity contribution is 7.61. The number of amides is 1. The van der Waals surface area contributed by atoms with Crippen LogP contribution in [0, 0.1) is 0 Å². The number of carbonyl (C=O) groups is 1. The Morgan fingerprint density at radius 3 is 2.75 bits per heavy atom. The predicted molar refractivity (Wildman–Crippen MR) is 77.9 cm³/mol. The largest absolute Gasteiger partial charge is 0.796 e. The number of rotatable bonds is 5. The van der Waals surface area contributed by atoms with Crippen LogP contribution >= 0.6 is 7.37 Å². The summed E-state index contributed by atoms with van der Waals surface area (Å²) in [5, 5.41) is 3.17. The zero-order valence-electron chi connectivity index (χ0n) is 12.8. The van der Waals surface area contributed by atoms with Crippen LogP contribution in [0.3, 0.4) is 0 Å². The lowest BCUT2D eigenvalue weighted by Crippen LogP contribution is -2.37. The molecule has 5 nitrogen and oxygen atoms in total. The fourth-order valence-corrected chi connectivity index (χ4v) is 3.97. The smallest absolute Gasteiger partial charge is 0.408 e. The first-order valence-electron chi connectivity index (χ1n) is 7.15. The second-order valence-corrected chi connectivity index (χ2v) is 8.57. The molecule has 0 heterocycles. The first kappa shape index (κ1) is 17.3. The van der Waals surface area contributed by atoms with Crippen molar-refractivity contribution in [3.63, 3.8) is 0 Å². The van der Waals surface area contributed by atoms with E-state index in [9.17, 15) is 14.3 Å². The average Bonchev–Trinajstić information content (AvgIpc) is 2.72. The summed E-state index contributed by atoms with van der Waals surface area (Å²) < 4.78 is 17.2. The third kappa shape index (κ3) is 5.68. The summed E-state index contributed by atoms with van der Waals surface area (Å²) in [6, 6.07) is -0.247. The minimum atomic E-state index is -3.46. The maximum atomic E-state index is 12.1. The maximum Gasteiger partial charge on any atom is 0.408 e. The fourth-order valence-electron chi connectivity index (χ4n) is 2.07. The van der Waals surface area contributed by atoms with Crippen molar-refractivity contribution in [2.45, 2.75) is 65.0 Å². The third-order valence-electron chi connectivity index (χ3n) is 3.05. The van der Waals surface area contributed by atoms with Crippen molar-refractivity contribution in [3.8, 4) is 0 Å². The van der Waals surface area contributed by atoms with E-state index in [1.807, 2.05) is 6.92 Å². The van der Waals surface area contributed by atoms with Crippen LogP contribution in [0.25, 0.3) is 0 Å². The van der Waals surface area contributed by atoms with E-state index < -0.39 is 19.1 Å². The number of ether oxygens (including phenoxy) is 1. The molecule has 0 saturated heterocycles. The first-order valence-corrected chi connectivity index (χ1v) is 8.96. The quantitative estimate of drug-likeness (QED) is 0.792. The van der Waals surface area contributed by atoms with Gasteiger partial charge in [-0.25, -0.2) is 4.79 Å². The Hall–Kier alpha value is -0.800. The van der Waals surface area contributed by atoms with Gasteiger partial charge in [0.15, 0.2) is 0 Å². The molecule has 1 rings (SSSR count). The van der Waals surface area contributed by atoms with E-state index in [0.717, 1.165) is 6.42 Å². The normalized spacial score (nSPS) is 22.1. The lowest BCUT2D eigenvalue weighted by atomic mass is 10.2. The number of allylic oxidation sites excluding steroid dienone is 1. The van der Waals surface area contributed by atoms with Crippen LogP contribution in [-0.2, 0) is 9.30 Å². The number of hydrogen-bond donors (Lipinski definition) is 1. The van der Waals surface area contributed by atoms with E-state index in [1.54, 1.807) is 26.8 Å². The molecule has 0 fully saturated rings. The number of hydrogen-bond acceptors (Lipinski definition) is 4. The van der Waals surface area contributed by atoms with E-state index in [-0.39, 0.29) is 12.2 Å². The Morgan fingerprint density at radius 2 is 2.20 bits per heavy atom. The molecule has 0 radical (unpaired) electrons. The molecule has 1 aliphatic rings. The second-order valence-electron chi connectivity index (χ2n) is 6.20. The van der Waals surface area contributed by atoms with Gasteiger partial charge in [-0.05, 0) is 51.5 Å². The van der Waals surface area contributed by atoms with Crippen LogP contribution in [0.5, 0.6) is 0 Å². The van der Waals surface area contributed by atoms with Gasteiger partial charge in [0.1, 0.15) is 5.60 Å². The SMILES string of the molecule is CCCCP(=O)([O-])C1=CC(NC(=O)OC(C)(C)C)CC1. The minimum absolute atomic E-state index is 0.217. The Bertz CT molecular complexity index is 425. The summed E-state index contributed by atoms with van der Waals surface area (Å²) in [6.45, 7) is 7.34. The van der Waals surface area contributed by atoms with Gasteiger partial charge in [0.2, 0.25) is 0 Å². The van der Waals surface area contributed by atoms with Gasteiger partial charge < -0.3 is 19.5 Å². The lowest BCUT2D eigenvalue weighted by Gasteiger charge is -2.24. The fraction of sp³-hybridized carbons (Fsp3) is 0.786. The molecule has 0 aromatic carbocycles. The van der Waals surface area contributed by atoms with Gasteiger partial charge in [0.05, 0.1) is 6.04 Å². The minimum Gasteiger partial charge on any atom is -0.796 e. The van der Waals surface area contributed by atoms with Crippen molar-refractivity contribution >= 4 is 13.5 Å². The van der Waals surface area contributed by atoms with Gasteiger partial charge >= 0.3 is 6.09 Å². The molecule has 2 atom stereocenters. The zero-order valence-corrected chi connectivity index (χ0v) is 13.7. The monoisotopic (exact) mass is 302 g/mol. The number of nitrogens with one attached hydrogen (secondary N) is 1. The molecule has 0 spiro atoms. The second kappa shape index (κ2) is 6.77. The zero-order chi connectivity index (χ0) is 15.4. The van der Waals surface area contributed by atoms with Gasteiger partial charge in [0.25, 0.3) is 0 Å². The van der Waals surface area contributed by atoms with Crippen molar-refractivity contribution in [2.24, 2.45) is 0 Å². The highest BCUT2D eigenvalue weighted by atomic mass is 31.2. The molecular formula is C14H25NO4P-. The lowest BCUT2D eigenvalue weighted by molar-refractivity contribution is -0.172. The summed E-state index contributed by atoms with van der Waals surface area (Å²) in [5.74, 6) is 0. The van der Waals surface area contributed by atoms with Crippen molar-refractivity contribution in [1.29, 1.82) is 0 Å². The average molecular weight is 302 g/mol. The molecule has 0 aromatic heterocycles. The van der Waals surface area contributed by atoms with Gasteiger partial charge in [-0.1, -0.05) is 19.4 Å². The van der Waals surface area contributed by atoms with Crippen LogP contribution < -0.4 is 10.2 Å². The highest BCUT2D eigenvalue weighted by Gasteiger charge is 2.25. The summed E-state index contributed by atoms with van der Waals surface area (Å²) in [6.07, 6.45) is 4.04. The maximum absolute atomic E-state index is 12.1. The van der Waals surface area contributed by atoms with Crippen LogP contribution in [0.2, 0.25) is 0 Å². The molecule has 1 N–H and O–H groups in total. The highest BCUT2D eigenvalue weighted by Crippen LogP contribution is 2.50. The summed E-state index contributed by atoms with van der Waals surface area (Å²) in [5.41, 5.74) is -0.551. The number of alkyl carbamates (subject to hydrolysis) is 1. The molecule has 0 bridgehead atoms. The third-order valence-corrected chi connectivity index (χ3v) is 5.20. The summed E-state index contributed by atoms with van der Waals surface area (Å²) in [7, 11) is -3.46. The summed E-state index contributed by atoms with van der Waals surface area (Å²) >= 11 is 0. The topological polar surface area (TPSA) is 78.5 Å². The molecule has 116 valence electrons. The van der Waals surface area contributed by atoms with Crippen molar-refractivity contribution < 1.29 is 19.0 Å². The summed E-state index contributed by atoms with van der Waals surface area (Å²) in [4.78, 5) is 23.7. The standard InChI is InChI=1S/C14H26NO4P/c1-5-6-9-20(17,18)12-8-7-11(10-12)15-13(16)19-14(2,3)4/h10-11H,5-9H2,1-4H3,(H,15,16)(H,17,18)/p-1. The van der Waals surface area contributed by atoms with Gasteiger partial charge in [0, 0.05) is 7.37 Å². The van der Waals surface area contributed by atoms with Gasteiger partial charge in [-0.15, -0.1) is 0 Å². The van der Waals surface area contributed by atoms with E-state index in [2.05, 4.69) is 5.32 Å². The Balaban J connectivity index is 2.56. The molecule has 0 aromatic rings. The Kier molecular flexibility index (Phi) is 5.84. The predicted octanol–water partition coefficient (Wildman–Crippen LogP) is 3.00. The number of carbonyl (C=O) groups excluding carboxylic acids is 1. The molecule has 20 heavy (non-hydrogen) atoms. The van der Waals surface area contributed by atoms with Crippen molar-refractivity contribution in [1.82, 2.24) is 5.32 Å². The number of unbranched alkanes of at least 4 members (excludes halogenated alkanes) is 1. The van der Waals surface area contributed by atoms with Crippen molar-refractivity contribution in [3.05, 3.63) is 11.4 Å². The molecule has 1 amide bonds. The van der Waals surface area contributed by atoms with Crippen LogP contribution in [0.1, 0.15) is 53.4 Å². The molecule has 0 aliphatic heterocycles. The molecule has 0 saturated carbocycles. The van der Waals surface area contributed by atoms with Crippen LogP contribution in [0.4, 0.5) is 4.79 Å². The van der Waals surface area contributed by atoms with Crippen molar-refractivity contribution in [2.75, 3.05) is 6.16 Å². The Morgan fingerprint density at radius 1 is 1.55 bits per heavy atom. The van der Waals surface area contributed by atoms with E-state index in [4.69, 9.17) is 4.74 Å². The molecule has 6 heteroatoms. The van der Waals surface area contributed by atoms with Gasteiger partial charge in [-0.3, -0.25) is 0 Å². The molecule has 2 unspecified atom stereocenters. The molecular weight excluding hydrogens is 277 g/mol. The Labute approximate surface area is 121 Å². The van der Waals surface area contributed by atoms with Crippen LogP contribution in [-0.4, -0.2) is 23.9 Å². The first-order chi connectivity index (χ1) is 9.14. The van der Waals surface area contributed by atoms with E-state index in [1.165, 1.54) is 0 Å². The van der Waals surface area contributed by atoms with Gasteiger partial charge in [-0.2, -0.15) is 0 Å². The van der Waals surface area contributed by atoms with Crippen LogP contribution in [0.15, 0.2) is 11.4 Å². The van der Waals surface area contributed by atoms with E-state index in [0.29, 0.717) is 24.6 Å². The van der Waals surface area contributed by atoms with E-state index >= 15 is 0 Å².